The number of aliphatic hydroxyl groups excluding tert-OH is 1. The molecule has 0 saturated carbocycles. The number of aliphatic hydroxyl groups is 1. The first-order valence-corrected chi connectivity index (χ1v) is 7.35. The van der Waals surface area contributed by atoms with Crippen LogP contribution >= 0.6 is 34.9 Å². The maximum atomic E-state index is 11.0. The molecule has 0 aliphatic rings. The van der Waals surface area contributed by atoms with Crippen LogP contribution in [0.1, 0.15) is 5.69 Å². The van der Waals surface area contributed by atoms with Crippen molar-refractivity contribution in [1.29, 1.82) is 0 Å². The maximum absolute atomic E-state index is 11.0. The molecule has 1 N–H and O–H groups in total. The molecule has 21 heavy (non-hydrogen) atoms. The lowest BCUT2D eigenvalue weighted by Crippen LogP contribution is -2.42. The molecule has 9 heteroatoms. The van der Waals surface area contributed by atoms with Gasteiger partial charge in [0.2, 0.25) is 0 Å². The van der Waals surface area contributed by atoms with Gasteiger partial charge in [0, 0.05) is 12.1 Å². The van der Waals surface area contributed by atoms with Crippen molar-refractivity contribution in [2.75, 3.05) is 13.2 Å². The van der Waals surface area contributed by atoms with Gasteiger partial charge >= 0.3 is 0 Å². The second kappa shape index (κ2) is 7.04. The first kappa shape index (κ1) is 16.0. The smallest absolute Gasteiger partial charge is 0.137 e. The van der Waals surface area contributed by atoms with Crippen LogP contribution in [-0.2, 0) is 6.54 Å². The summed E-state index contributed by atoms with van der Waals surface area (Å²) in [7, 11) is 0. The fraction of sp³-hybridized carbons (Fsp3) is 0.250. The summed E-state index contributed by atoms with van der Waals surface area (Å²) >= 11 is 13.2. The molecule has 1 heterocycles. The fourth-order valence-electron chi connectivity index (χ4n) is 1.76. The number of aromatic nitrogens is 2. The van der Waals surface area contributed by atoms with E-state index >= 15 is 0 Å². The predicted molar refractivity (Wildman–Crippen MR) is 78.3 cm³/mol. The van der Waals surface area contributed by atoms with Gasteiger partial charge in [0.15, 0.2) is 0 Å². The molecule has 2 aromatic rings. The molecule has 112 valence electrons. The van der Waals surface area contributed by atoms with Crippen molar-refractivity contribution < 1.29 is 15.0 Å². The summed E-state index contributed by atoms with van der Waals surface area (Å²) in [4.78, 5) is 11.9. The van der Waals surface area contributed by atoms with Crippen LogP contribution in [0.25, 0.3) is 11.3 Å². The minimum absolute atomic E-state index is 0.0592. The van der Waals surface area contributed by atoms with Crippen LogP contribution in [0.4, 0.5) is 4.79 Å². The Bertz CT molecular complexity index is 630. The Balaban J connectivity index is 2.37. The molecule has 0 fully saturated rings. The molecular formula is C12H10Cl2N3O3S-. The summed E-state index contributed by atoms with van der Waals surface area (Å²) in [6.07, 6.45) is -1.40. The van der Waals surface area contributed by atoms with E-state index in [1.807, 2.05) is 0 Å². The molecule has 0 saturated heterocycles. The topological polar surface area (TPSA) is 89.4 Å². The van der Waals surface area contributed by atoms with E-state index in [4.69, 9.17) is 28.3 Å². The number of nitrogens with zero attached hydrogens (tertiary/aromatic N) is 3. The highest BCUT2D eigenvalue weighted by Crippen LogP contribution is 2.35. The summed E-state index contributed by atoms with van der Waals surface area (Å²) in [6.45, 7) is -0.445. The van der Waals surface area contributed by atoms with Gasteiger partial charge in [0.05, 0.1) is 34.9 Å². The van der Waals surface area contributed by atoms with Crippen molar-refractivity contribution in [3.8, 4) is 11.3 Å². The monoisotopic (exact) mass is 346 g/mol. The third-order valence-corrected chi connectivity index (χ3v) is 3.92. The van der Waals surface area contributed by atoms with Crippen molar-refractivity contribution in [3.63, 3.8) is 0 Å². The van der Waals surface area contributed by atoms with E-state index in [1.165, 1.54) is 0 Å². The van der Waals surface area contributed by atoms with Gasteiger partial charge in [-0.25, -0.2) is 0 Å². The lowest BCUT2D eigenvalue weighted by atomic mass is 10.1. The van der Waals surface area contributed by atoms with E-state index in [1.54, 1.807) is 18.2 Å². The zero-order valence-electron chi connectivity index (χ0n) is 10.6. The van der Waals surface area contributed by atoms with Crippen LogP contribution in [-0.4, -0.2) is 38.0 Å². The van der Waals surface area contributed by atoms with E-state index < -0.39 is 6.09 Å². The molecule has 1 aromatic carbocycles. The third kappa shape index (κ3) is 3.62. The van der Waals surface area contributed by atoms with E-state index in [2.05, 4.69) is 8.75 Å². The van der Waals surface area contributed by atoms with Gasteiger partial charge < -0.3 is 19.9 Å². The summed E-state index contributed by atoms with van der Waals surface area (Å²) in [5.74, 6) is 0. The zero-order valence-corrected chi connectivity index (χ0v) is 13.0. The number of carboxylic acid groups (broad SMARTS) is 1. The highest BCUT2D eigenvalue weighted by Gasteiger charge is 2.18. The summed E-state index contributed by atoms with van der Waals surface area (Å²) in [5.41, 5.74) is 1.35. The molecule has 0 atom stereocenters. The molecular weight excluding hydrogens is 337 g/mol. The maximum Gasteiger partial charge on any atom is 0.137 e. The van der Waals surface area contributed by atoms with Crippen LogP contribution < -0.4 is 5.11 Å². The van der Waals surface area contributed by atoms with Crippen LogP contribution in [0.2, 0.25) is 10.0 Å². The number of carbonyl (C=O) groups excluding carboxylic acids is 1. The first-order chi connectivity index (χ1) is 10.0. The SMILES string of the molecule is O=C([O-])N(CCO)Cc1nsnc1-c1c(Cl)cccc1Cl. The van der Waals surface area contributed by atoms with E-state index in [9.17, 15) is 9.90 Å². The van der Waals surface area contributed by atoms with Crippen molar-refractivity contribution in [2.24, 2.45) is 0 Å². The molecule has 0 aliphatic heterocycles. The van der Waals surface area contributed by atoms with Crippen LogP contribution in [0.3, 0.4) is 0 Å². The number of hydrogen-bond donors (Lipinski definition) is 1. The molecule has 1 amide bonds. The van der Waals surface area contributed by atoms with Crippen molar-refractivity contribution in [3.05, 3.63) is 33.9 Å². The second-order valence-electron chi connectivity index (χ2n) is 4.07. The molecule has 0 bridgehead atoms. The Morgan fingerprint density at radius 1 is 1.33 bits per heavy atom. The lowest BCUT2D eigenvalue weighted by Gasteiger charge is -2.23. The average Bonchev–Trinajstić information content (AvgIpc) is 2.86. The number of halogens is 2. The quantitative estimate of drug-likeness (QED) is 0.888. The lowest BCUT2D eigenvalue weighted by molar-refractivity contribution is -0.266. The minimum Gasteiger partial charge on any atom is -0.530 e. The fourth-order valence-corrected chi connectivity index (χ4v) is 2.90. The normalized spacial score (nSPS) is 10.6. The second-order valence-corrected chi connectivity index (χ2v) is 5.41. The average molecular weight is 347 g/mol. The highest BCUT2D eigenvalue weighted by atomic mass is 35.5. The number of hydrogen-bond acceptors (Lipinski definition) is 6. The molecule has 0 unspecified atom stereocenters. The Morgan fingerprint density at radius 2 is 2.00 bits per heavy atom. The van der Waals surface area contributed by atoms with E-state index in [0.717, 1.165) is 16.6 Å². The van der Waals surface area contributed by atoms with Gasteiger partial charge in [-0.05, 0) is 12.1 Å². The summed E-state index contributed by atoms with van der Waals surface area (Å²) in [6, 6.07) is 5.03. The van der Waals surface area contributed by atoms with E-state index in [-0.39, 0.29) is 19.7 Å². The summed E-state index contributed by atoms with van der Waals surface area (Å²) < 4.78 is 8.22. The van der Waals surface area contributed by atoms with Crippen LogP contribution in [0.5, 0.6) is 0 Å². The Kier molecular flexibility index (Phi) is 5.35. The van der Waals surface area contributed by atoms with Gasteiger partial charge in [-0.1, -0.05) is 29.3 Å². The molecule has 0 radical (unpaired) electrons. The molecule has 1 aromatic heterocycles. The minimum atomic E-state index is -1.40. The summed E-state index contributed by atoms with van der Waals surface area (Å²) in [5, 5.41) is 20.7. The molecule has 2 rings (SSSR count). The molecule has 6 nitrogen and oxygen atoms in total. The van der Waals surface area contributed by atoms with E-state index in [0.29, 0.717) is 27.0 Å². The van der Waals surface area contributed by atoms with Gasteiger partial charge in [0.25, 0.3) is 0 Å². The van der Waals surface area contributed by atoms with Gasteiger partial charge in [-0.3, -0.25) is 0 Å². The Labute approximate surface area is 134 Å². The number of carbonyl (C=O) groups is 1. The molecule has 0 spiro atoms. The van der Waals surface area contributed by atoms with Crippen molar-refractivity contribution in [2.45, 2.75) is 6.54 Å². The van der Waals surface area contributed by atoms with Crippen molar-refractivity contribution >= 4 is 41.0 Å². The standard InChI is InChI=1S/C12H11Cl2N3O3S/c13-7-2-1-3-8(14)10(7)11-9(15-21-16-11)6-17(4-5-18)12(19)20/h1-3,18H,4-6H2,(H,19,20)/p-1. The van der Waals surface area contributed by atoms with Crippen molar-refractivity contribution in [1.82, 2.24) is 13.6 Å². The van der Waals surface area contributed by atoms with Crippen LogP contribution in [0.15, 0.2) is 18.2 Å². The zero-order chi connectivity index (χ0) is 15.4. The highest BCUT2D eigenvalue weighted by molar-refractivity contribution is 6.99. The Morgan fingerprint density at radius 3 is 2.57 bits per heavy atom. The predicted octanol–water partition coefficient (Wildman–Crippen LogP) is 1.65. The van der Waals surface area contributed by atoms with Crippen LogP contribution in [0, 0.1) is 0 Å². The number of benzene rings is 1. The van der Waals surface area contributed by atoms with Gasteiger partial charge in [-0.15, -0.1) is 0 Å². The Hall–Kier alpha value is -1.41. The largest absolute Gasteiger partial charge is 0.530 e. The number of amides is 1. The van der Waals surface area contributed by atoms with Gasteiger partial charge in [-0.2, -0.15) is 8.75 Å². The first-order valence-electron chi connectivity index (χ1n) is 5.87. The number of rotatable bonds is 5. The molecule has 0 aliphatic carbocycles. The van der Waals surface area contributed by atoms with Gasteiger partial charge in [0.1, 0.15) is 17.5 Å². The third-order valence-electron chi connectivity index (χ3n) is 2.72.